The lowest BCUT2D eigenvalue weighted by Crippen LogP contribution is -2.47. The Morgan fingerprint density at radius 1 is 1.12 bits per heavy atom. The zero-order valence-corrected chi connectivity index (χ0v) is 19.4. The van der Waals surface area contributed by atoms with Gasteiger partial charge in [0.2, 0.25) is 11.8 Å². The Kier molecular flexibility index (Phi) is 8.40. The summed E-state index contributed by atoms with van der Waals surface area (Å²) in [5.41, 5.74) is 1.20. The molecule has 2 amide bonds. The van der Waals surface area contributed by atoms with E-state index in [4.69, 9.17) is 9.15 Å². The molecule has 1 aromatic carbocycles. The summed E-state index contributed by atoms with van der Waals surface area (Å²) >= 11 is 0. The quantitative estimate of drug-likeness (QED) is 0.461. The molecule has 9 nitrogen and oxygen atoms in total. The molecule has 0 aliphatic rings. The topological polar surface area (TPSA) is 109 Å². The van der Waals surface area contributed by atoms with Gasteiger partial charge in [-0.2, -0.15) is 0 Å². The second-order valence-electron chi connectivity index (χ2n) is 8.29. The van der Waals surface area contributed by atoms with Gasteiger partial charge in [0.15, 0.2) is 0 Å². The van der Waals surface area contributed by atoms with Crippen LogP contribution in [0.25, 0.3) is 11.0 Å². The third-order valence-electron chi connectivity index (χ3n) is 5.15. The van der Waals surface area contributed by atoms with Gasteiger partial charge in [-0.05, 0) is 30.0 Å². The van der Waals surface area contributed by atoms with Crippen LogP contribution in [0.2, 0.25) is 0 Å². The Bertz CT molecular complexity index is 1040. The highest BCUT2D eigenvalue weighted by Crippen LogP contribution is 2.23. The van der Waals surface area contributed by atoms with Crippen LogP contribution in [0.4, 0.5) is 5.69 Å². The van der Waals surface area contributed by atoms with Gasteiger partial charge in [0.1, 0.15) is 11.6 Å². The normalized spacial score (nSPS) is 11.8. The SMILES string of the molecule is COC(=O)[C@@H](CC(C)C)N(C)C(=O)CNC(=O)Cc1cc(=O)oc2cc(N(C)C)ccc12. The van der Waals surface area contributed by atoms with Crippen molar-refractivity contribution in [2.45, 2.75) is 32.7 Å². The number of hydrogen-bond acceptors (Lipinski definition) is 7. The Morgan fingerprint density at radius 2 is 1.81 bits per heavy atom. The number of carbonyl (C=O) groups excluding carboxylic acids is 3. The first-order chi connectivity index (χ1) is 15.0. The highest BCUT2D eigenvalue weighted by molar-refractivity contribution is 5.91. The fourth-order valence-corrected chi connectivity index (χ4v) is 3.35. The second-order valence-corrected chi connectivity index (χ2v) is 8.29. The third kappa shape index (κ3) is 6.32. The van der Waals surface area contributed by atoms with Crippen molar-refractivity contribution in [3.05, 3.63) is 40.2 Å². The molecular weight excluding hydrogens is 414 g/mol. The standard InChI is InChI=1S/C23H31N3O6/c1-14(2)9-18(23(30)31-6)26(5)21(28)13-24-20(27)10-15-11-22(29)32-19-12-16(25(3)4)7-8-17(15)19/h7-8,11-12,14,18H,9-10,13H2,1-6H3,(H,24,27)/t18-/m1/s1. The largest absolute Gasteiger partial charge is 0.467 e. The average Bonchev–Trinajstić information content (AvgIpc) is 2.73. The number of carbonyl (C=O) groups is 3. The van der Waals surface area contributed by atoms with E-state index in [1.807, 2.05) is 38.9 Å². The minimum atomic E-state index is -0.724. The molecule has 9 heteroatoms. The van der Waals surface area contributed by atoms with Gasteiger partial charge in [-0.1, -0.05) is 13.8 Å². The van der Waals surface area contributed by atoms with Crippen LogP contribution in [-0.2, 0) is 25.5 Å². The van der Waals surface area contributed by atoms with E-state index in [2.05, 4.69) is 5.32 Å². The molecule has 0 radical (unpaired) electrons. The van der Waals surface area contributed by atoms with Crippen molar-refractivity contribution >= 4 is 34.4 Å². The third-order valence-corrected chi connectivity index (χ3v) is 5.15. The summed E-state index contributed by atoms with van der Waals surface area (Å²) in [5, 5.41) is 3.22. The van der Waals surface area contributed by atoms with Crippen molar-refractivity contribution in [3.63, 3.8) is 0 Å². The van der Waals surface area contributed by atoms with Crippen molar-refractivity contribution in [2.24, 2.45) is 5.92 Å². The molecule has 2 aromatic rings. The predicted molar refractivity (Wildman–Crippen MR) is 122 cm³/mol. The number of amides is 2. The zero-order chi connectivity index (χ0) is 24.0. The molecule has 0 fully saturated rings. The number of esters is 1. The van der Waals surface area contributed by atoms with Gasteiger partial charge in [0.25, 0.3) is 0 Å². The van der Waals surface area contributed by atoms with E-state index < -0.39 is 29.5 Å². The summed E-state index contributed by atoms with van der Waals surface area (Å²) in [7, 11) is 6.53. The van der Waals surface area contributed by atoms with Crippen LogP contribution in [0, 0.1) is 5.92 Å². The van der Waals surface area contributed by atoms with Crippen molar-refractivity contribution in [2.75, 3.05) is 39.7 Å². The zero-order valence-electron chi connectivity index (χ0n) is 19.4. The maximum atomic E-state index is 12.5. The highest BCUT2D eigenvalue weighted by atomic mass is 16.5. The molecule has 32 heavy (non-hydrogen) atoms. The Hall–Kier alpha value is -3.36. The second kappa shape index (κ2) is 10.8. The molecule has 1 heterocycles. The monoisotopic (exact) mass is 445 g/mol. The van der Waals surface area contributed by atoms with Gasteiger partial charge in [0, 0.05) is 44.3 Å². The smallest absolute Gasteiger partial charge is 0.336 e. The molecule has 0 saturated heterocycles. The summed E-state index contributed by atoms with van der Waals surface area (Å²) in [6, 6.07) is 5.95. The summed E-state index contributed by atoms with van der Waals surface area (Å²) in [6.07, 6.45) is 0.358. The molecule has 0 aliphatic carbocycles. The van der Waals surface area contributed by atoms with Crippen molar-refractivity contribution in [1.82, 2.24) is 10.2 Å². The lowest BCUT2D eigenvalue weighted by atomic mass is 10.0. The molecule has 0 aliphatic heterocycles. The van der Waals surface area contributed by atoms with E-state index in [0.29, 0.717) is 23.0 Å². The first kappa shape index (κ1) is 24.9. The number of anilines is 1. The number of fused-ring (bicyclic) bond motifs is 1. The van der Waals surface area contributed by atoms with E-state index in [1.165, 1.54) is 25.1 Å². The molecule has 0 saturated carbocycles. The molecule has 1 atom stereocenters. The van der Waals surface area contributed by atoms with E-state index in [9.17, 15) is 19.2 Å². The van der Waals surface area contributed by atoms with Gasteiger partial charge < -0.3 is 24.3 Å². The number of nitrogens with one attached hydrogen (secondary N) is 1. The maximum Gasteiger partial charge on any atom is 0.336 e. The van der Waals surface area contributed by atoms with Crippen LogP contribution in [0.15, 0.2) is 33.5 Å². The number of rotatable bonds is 9. The average molecular weight is 446 g/mol. The summed E-state index contributed by atoms with van der Waals surface area (Å²) < 4.78 is 10.1. The molecule has 1 aromatic heterocycles. The molecule has 1 N–H and O–H groups in total. The van der Waals surface area contributed by atoms with Crippen LogP contribution < -0.4 is 15.8 Å². The molecule has 2 rings (SSSR count). The Labute approximate surface area is 187 Å². The van der Waals surface area contributed by atoms with Gasteiger partial charge in [-0.25, -0.2) is 9.59 Å². The fraction of sp³-hybridized carbons (Fsp3) is 0.478. The van der Waals surface area contributed by atoms with Gasteiger partial charge in [-0.15, -0.1) is 0 Å². The summed E-state index contributed by atoms with van der Waals surface area (Å²) in [5.74, 6) is -1.16. The van der Waals surface area contributed by atoms with E-state index in [-0.39, 0.29) is 18.9 Å². The lowest BCUT2D eigenvalue weighted by Gasteiger charge is -2.27. The number of methoxy groups -OCH3 is 1. The van der Waals surface area contributed by atoms with E-state index >= 15 is 0 Å². The molecular formula is C23H31N3O6. The predicted octanol–water partition coefficient (Wildman–Crippen LogP) is 1.56. The van der Waals surface area contributed by atoms with Gasteiger partial charge in [-0.3, -0.25) is 9.59 Å². The molecule has 174 valence electrons. The number of nitrogens with zero attached hydrogens (tertiary/aromatic N) is 2. The number of benzene rings is 1. The van der Waals surface area contributed by atoms with Crippen LogP contribution in [0.3, 0.4) is 0 Å². The summed E-state index contributed by atoms with van der Waals surface area (Å²) in [6.45, 7) is 3.61. The van der Waals surface area contributed by atoms with E-state index in [0.717, 1.165) is 5.69 Å². The van der Waals surface area contributed by atoms with Crippen LogP contribution >= 0.6 is 0 Å². The first-order valence-corrected chi connectivity index (χ1v) is 10.4. The Morgan fingerprint density at radius 3 is 2.41 bits per heavy atom. The van der Waals surface area contributed by atoms with Crippen LogP contribution in [0.5, 0.6) is 0 Å². The van der Waals surface area contributed by atoms with Gasteiger partial charge >= 0.3 is 11.6 Å². The minimum absolute atomic E-state index is 0.0904. The fourth-order valence-electron chi connectivity index (χ4n) is 3.35. The highest BCUT2D eigenvalue weighted by Gasteiger charge is 2.28. The maximum absolute atomic E-state index is 12.5. The van der Waals surface area contributed by atoms with Crippen LogP contribution in [-0.4, -0.2) is 63.5 Å². The van der Waals surface area contributed by atoms with Crippen molar-refractivity contribution in [1.29, 1.82) is 0 Å². The molecule has 0 bridgehead atoms. The number of likely N-dealkylation sites (N-methyl/N-ethyl adjacent to an activating group) is 1. The Balaban J connectivity index is 2.09. The summed E-state index contributed by atoms with van der Waals surface area (Å²) in [4.78, 5) is 52.2. The minimum Gasteiger partial charge on any atom is -0.467 e. The van der Waals surface area contributed by atoms with Crippen molar-refractivity contribution < 1.29 is 23.5 Å². The molecule has 0 unspecified atom stereocenters. The number of ether oxygens (including phenoxy) is 1. The van der Waals surface area contributed by atoms with Crippen molar-refractivity contribution in [3.8, 4) is 0 Å². The molecule has 0 spiro atoms. The van der Waals surface area contributed by atoms with Crippen LogP contribution in [0.1, 0.15) is 25.8 Å². The first-order valence-electron chi connectivity index (χ1n) is 10.4. The van der Waals surface area contributed by atoms with Gasteiger partial charge in [0.05, 0.1) is 20.1 Å². The van der Waals surface area contributed by atoms with E-state index in [1.54, 1.807) is 12.1 Å². The lowest BCUT2D eigenvalue weighted by molar-refractivity contribution is -0.152. The number of hydrogen-bond donors (Lipinski definition) is 1.